The summed E-state index contributed by atoms with van der Waals surface area (Å²) in [5, 5.41) is 7.02. The fourth-order valence-electron chi connectivity index (χ4n) is 2.36. The molecule has 0 aliphatic carbocycles. The lowest BCUT2D eigenvalue weighted by Gasteiger charge is -2.27. The minimum atomic E-state index is -0.181. The van der Waals surface area contributed by atoms with Gasteiger partial charge in [0, 0.05) is 25.4 Å². The van der Waals surface area contributed by atoms with Crippen molar-refractivity contribution in [1.82, 2.24) is 24.8 Å². The number of rotatable bonds is 1. The molecule has 0 bridgehead atoms. The van der Waals surface area contributed by atoms with E-state index in [4.69, 9.17) is 0 Å². The van der Waals surface area contributed by atoms with Gasteiger partial charge in [-0.1, -0.05) is 0 Å². The van der Waals surface area contributed by atoms with Crippen molar-refractivity contribution < 1.29 is 9.59 Å². The molecule has 20 heavy (non-hydrogen) atoms. The Labute approximate surface area is 115 Å². The average molecular weight is 273 g/mol. The Kier molecular flexibility index (Phi) is 2.89. The lowest BCUT2D eigenvalue weighted by molar-refractivity contribution is -0.123. The van der Waals surface area contributed by atoms with Gasteiger partial charge in [0.05, 0.1) is 23.5 Å². The van der Waals surface area contributed by atoms with Crippen LogP contribution in [0, 0.1) is 13.8 Å². The van der Waals surface area contributed by atoms with E-state index in [1.54, 1.807) is 10.7 Å². The number of fused-ring (bicyclic) bond motifs is 1. The Morgan fingerprint density at radius 3 is 2.95 bits per heavy atom. The first-order valence-electron chi connectivity index (χ1n) is 6.44. The number of piperazine rings is 1. The zero-order chi connectivity index (χ0) is 14.3. The molecule has 0 spiro atoms. The van der Waals surface area contributed by atoms with Gasteiger partial charge in [0.25, 0.3) is 5.91 Å². The van der Waals surface area contributed by atoms with Gasteiger partial charge >= 0.3 is 0 Å². The monoisotopic (exact) mass is 273 g/mol. The standard InChI is InChI=1S/C13H15N5O2/c1-8-5-11-15-6-10(9(2)18(11)16-8)13(20)17-4-3-14-12(19)7-17/h5-6H,3-4,7H2,1-2H3,(H,14,19). The zero-order valence-corrected chi connectivity index (χ0v) is 11.4. The van der Waals surface area contributed by atoms with Crippen molar-refractivity contribution in [3.8, 4) is 0 Å². The van der Waals surface area contributed by atoms with Crippen LogP contribution in [0.4, 0.5) is 0 Å². The third-order valence-electron chi connectivity index (χ3n) is 3.40. The van der Waals surface area contributed by atoms with Crippen molar-refractivity contribution in [3.63, 3.8) is 0 Å². The molecule has 1 aliphatic rings. The molecular formula is C13H15N5O2. The van der Waals surface area contributed by atoms with E-state index in [2.05, 4.69) is 15.4 Å². The highest BCUT2D eigenvalue weighted by atomic mass is 16.2. The van der Waals surface area contributed by atoms with Gasteiger partial charge in [0.15, 0.2) is 5.65 Å². The van der Waals surface area contributed by atoms with Gasteiger partial charge in [-0.25, -0.2) is 9.50 Å². The quantitative estimate of drug-likeness (QED) is 0.788. The van der Waals surface area contributed by atoms with Gasteiger partial charge in [0.2, 0.25) is 5.91 Å². The van der Waals surface area contributed by atoms with E-state index in [0.717, 1.165) is 11.4 Å². The first-order chi connectivity index (χ1) is 9.56. The number of hydrogen-bond acceptors (Lipinski definition) is 4. The van der Waals surface area contributed by atoms with Crippen molar-refractivity contribution >= 4 is 17.5 Å². The van der Waals surface area contributed by atoms with Gasteiger partial charge in [-0.2, -0.15) is 5.10 Å². The van der Waals surface area contributed by atoms with Crippen molar-refractivity contribution in [2.75, 3.05) is 19.6 Å². The summed E-state index contributed by atoms with van der Waals surface area (Å²) in [5.41, 5.74) is 2.78. The Morgan fingerprint density at radius 2 is 2.20 bits per heavy atom. The molecule has 1 saturated heterocycles. The van der Waals surface area contributed by atoms with Crippen LogP contribution in [0.3, 0.4) is 0 Å². The second kappa shape index (κ2) is 4.59. The molecule has 0 atom stereocenters. The SMILES string of the molecule is Cc1cc2ncc(C(=O)N3CCNC(=O)C3)c(C)n2n1. The van der Waals surface area contributed by atoms with Crippen molar-refractivity contribution in [3.05, 3.63) is 29.2 Å². The van der Waals surface area contributed by atoms with Crippen LogP contribution in [-0.4, -0.2) is 50.9 Å². The van der Waals surface area contributed by atoms with E-state index >= 15 is 0 Å². The summed E-state index contributed by atoms with van der Waals surface area (Å²) < 4.78 is 1.66. The molecule has 1 aliphatic heterocycles. The van der Waals surface area contributed by atoms with E-state index in [0.29, 0.717) is 24.3 Å². The smallest absolute Gasteiger partial charge is 0.257 e. The highest BCUT2D eigenvalue weighted by Crippen LogP contribution is 2.13. The van der Waals surface area contributed by atoms with Crippen LogP contribution in [-0.2, 0) is 4.79 Å². The van der Waals surface area contributed by atoms with E-state index in [1.807, 2.05) is 19.9 Å². The Hall–Kier alpha value is -2.44. The molecule has 104 valence electrons. The van der Waals surface area contributed by atoms with Crippen LogP contribution < -0.4 is 5.32 Å². The molecule has 0 aromatic carbocycles. The molecule has 1 fully saturated rings. The number of carbonyl (C=O) groups excluding carboxylic acids is 2. The molecule has 0 unspecified atom stereocenters. The second-order valence-electron chi connectivity index (χ2n) is 4.89. The van der Waals surface area contributed by atoms with Gasteiger partial charge in [-0.3, -0.25) is 9.59 Å². The fraction of sp³-hybridized carbons (Fsp3) is 0.385. The molecular weight excluding hydrogens is 258 g/mol. The summed E-state index contributed by atoms with van der Waals surface area (Å²) >= 11 is 0. The fourth-order valence-corrected chi connectivity index (χ4v) is 2.36. The van der Waals surface area contributed by atoms with Crippen LogP contribution >= 0.6 is 0 Å². The number of aryl methyl sites for hydroxylation is 2. The highest BCUT2D eigenvalue weighted by Gasteiger charge is 2.24. The first-order valence-corrected chi connectivity index (χ1v) is 6.44. The van der Waals surface area contributed by atoms with Gasteiger partial charge in [0.1, 0.15) is 0 Å². The van der Waals surface area contributed by atoms with Gasteiger partial charge in [-0.15, -0.1) is 0 Å². The van der Waals surface area contributed by atoms with E-state index < -0.39 is 0 Å². The predicted octanol–water partition coefficient (Wildman–Crippen LogP) is -0.0819. The maximum atomic E-state index is 12.5. The van der Waals surface area contributed by atoms with Crippen LogP contribution in [0.25, 0.3) is 5.65 Å². The Balaban J connectivity index is 1.98. The van der Waals surface area contributed by atoms with Crippen LogP contribution in [0.1, 0.15) is 21.7 Å². The van der Waals surface area contributed by atoms with Crippen molar-refractivity contribution in [2.24, 2.45) is 0 Å². The van der Waals surface area contributed by atoms with E-state index in [9.17, 15) is 9.59 Å². The number of nitrogens with zero attached hydrogens (tertiary/aromatic N) is 4. The topological polar surface area (TPSA) is 79.6 Å². The summed E-state index contributed by atoms with van der Waals surface area (Å²) in [6.45, 7) is 4.80. The second-order valence-corrected chi connectivity index (χ2v) is 4.89. The third-order valence-corrected chi connectivity index (χ3v) is 3.40. The molecule has 1 N–H and O–H groups in total. The summed E-state index contributed by atoms with van der Waals surface area (Å²) in [6, 6.07) is 1.86. The highest BCUT2D eigenvalue weighted by molar-refractivity contribution is 5.97. The first kappa shape index (κ1) is 12.6. The summed E-state index contributed by atoms with van der Waals surface area (Å²) in [6.07, 6.45) is 1.56. The van der Waals surface area contributed by atoms with Gasteiger partial charge < -0.3 is 10.2 Å². The molecule has 2 amide bonds. The normalized spacial score (nSPS) is 15.5. The van der Waals surface area contributed by atoms with E-state index in [-0.39, 0.29) is 18.4 Å². The Morgan fingerprint density at radius 1 is 1.40 bits per heavy atom. The molecule has 3 rings (SSSR count). The predicted molar refractivity (Wildman–Crippen MR) is 71.4 cm³/mol. The molecule has 2 aromatic rings. The maximum Gasteiger partial charge on any atom is 0.257 e. The van der Waals surface area contributed by atoms with Crippen molar-refractivity contribution in [2.45, 2.75) is 13.8 Å². The van der Waals surface area contributed by atoms with Crippen LogP contribution in [0.5, 0.6) is 0 Å². The average Bonchev–Trinajstić information content (AvgIpc) is 2.80. The molecule has 0 saturated carbocycles. The summed E-state index contributed by atoms with van der Waals surface area (Å²) in [4.78, 5) is 29.6. The summed E-state index contributed by atoms with van der Waals surface area (Å²) in [5.74, 6) is -0.314. The number of carbonyl (C=O) groups is 2. The Bertz CT molecular complexity index is 706. The number of aromatic nitrogens is 3. The summed E-state index contributed by atoms with van der Waals surface area (Å²) in [7, 11) is 0. The van der Waals surface area contributed by atoms with Crippen LogP contribution in [0.15, 0.2) is 12.3 Å². The lowest BCUT2D eigenvalue weighted by Crippen LogP contribution is -2.50. The molecule has 0 radical (unpaired) electrons. The molecule has 7 heteroatoms. The van der Waals surface area contributed by atoms with Crippen molar-refractivity contribution in [1.29, 1.82) is 0 Å². The molecule has 7 nitrogen and oxygen atoms in total. The number of nitrogens with one attached hydrogen (secondary N) is 1. The number of amides is 2. The molecule has 2 aromatic heterocycles. The zero-order valence-electron chi connectivity index (χ0n) is 11.4. The largest absolute Gasteiger partial charge is 0.353 e. The van der Waals surface area contributed by atoms with E-state index in [1.165, 1.54) is 4.90 Å². The minimum absolute atomic E-state index is 0.0917. The molecule has 3 heterocycles. The third kappa shape index (κ3) is 2.01. The van der Waals surface area contributed by atoms with Gasteiger partial charge in [-0.05, 0) is 13.8 Å². The van der Waals surface area contributed by atoms with Crippen LogP contribution in [0.2, 0.25) is 0 Å². The maximum absolute atomic E-state index is 12.5. The number of hydrogen-bond donors (Lipinski definition) is 1. The minimum Gasteiger partial charge on any atom is -0.353 e. The lowest BCUT2D eigenvalue weighted by atomic mass is 10.2.